The van der Waals surface area contributed by atoms with Gasteiger partial charge in [-0.15, -0.1) is 0 Å². The van der Waals surface area contributed by atoms with E-state index in [1.54, 1.807) is 0 Å². The molecule has 0 unspecified atom stereocenters. The van der Waals surface area contributed by atoms with Gasteiger partial charge in [0.2, 0.25) is 0 Å². The van der Waals surface area contributed by atoms with Crippen LogP contribution in [0.5, 0.6) is 0 Å². The first-order valence-corrected chi connectivity index (χ1v) is 5.30. The van der Waals surface area contributed by atoms with Gasteiger partial charge >= 0.3 is 0 Å². The number of carbonyl (C=O) groups excluding carboxylic acids is 1. The van der Waals surface area contributed by atoms with Gasteiger partial charge in [0, 0.05) is 0 Å². The van der Waals surface area contributed by atoms with Crippen LogP contribution in [0.2, 0.25) is 0 Å². The summed E-state index contributed by atoms with van der Waals surface area (Å²) in [5.74, 6) is -2.84. The number of H-pyrrole nitrogens is 1. The third-order valence-electron chi connectivity index (χ3n) is 2.43. The van der Waals surface area contributed by atoms with E-state index in [0.29, 0.717) is 0 Å². The fourth-order valence-corrected chi connectivity index (χ4v) is 1.48. The molecule has 0 saturated carbocycles. The van der Waals surface area contributed by atoms with E-state index < -0.39 is 23.1 Å². The molecule has 1 amide bonds. The third kappa shape index (κ3) is 2.55. The normalized spacial score (nSPS) is 11.4. The molecule has 0 fully saturated rings. The number of hydrogen-bond acceptors (Lipinski definition) is 4. The van der Waals surface area contributed by atoms with Gasteiger partial charge in [0.25, 0.3) is 5.91 Å². The van der Waals surface area contributed by atoms with Crippen LogP contribution < -0.4 is 11.1 Å². The Kier molecular flexibility index (Phi) is 3.60. The Bertz CT molecular complexity index is 683. The number of benzene rings is 1. The molecule has 7 nitrogen and oxygen atoms in total. The molecule has 0 bridgehead atoms. The monoisotopic (exact) mass is 281 g/mol. The van der Waals surface area contributed by atoms with Crippen LogP contribution in [0.1, 0.15) is 15.9 Å². The smallest absolute Gasteiger partial charge is 0.259 e. The SMILES string of the molecule is NC(=NO)c1cn[nH]c1NC(=O)c1cc(F)ccc1F. The van der Waals surface area contributed by atoms with E-state index in [2.05, 4.69) is 20.7 Å². The first-order chi connectivity index (χ1) is 9.52. The summed E-state index contributed by atoms with van der Waals surface area (Å²) in [5.41, 5.74) is 4.99. The van der Waals surface area contributed by atoms with Crippen molar-refractivity contribution in [3.63, 3.8) is 0 Å². The van der Waals surface area contributed by atoms with Crippen molar-refractivity contribution in [1.29, 1.82) is 0 Å². The molecule has 1 aromatic heterocycles. The molecule has 20 heavy (non-hydrogen) atoms. The predicted molar refractivity (Wildman–Crippen MR) is 65.4 cm³/mol. The highest BCUT2D eigenvalue weighted by atomic mass is 19.1. The van der Waals surface area contributed by atoms with Gasteiger partial charge in [0.15, 0.2) is 5.84 Å². The summed E-state index contributed by atoms with van der Waals surface area (Å²) in [5, 5.41) is 19.6. The van der Waals surface area contributed by atoms with Gasteiger partial charge in [0.1, 0.15) is 17.5 Å². The van der Waals surface area contributed by atoms with Crippen molar-refractivity contribution in [2.24, 2.45) is 10.9 Å². The predicted octanol–water partition coefficient (Wildman–Crippen LogP) is 1.03. The molecule has 0 aliphatic rings. The van der Waals surface area contributed by atoms with Crippen LogP contribution in [0.3, 0.4) is 0 Å². The van der Waals surface area contributed by atoms with Crippen LogP contribution in [0.25, 0.3) is 0 Å². The lowest BCUT2D eigenvalue weighted by Crippen LogP contribution is -2.19. The van der Waals surface area contributed by atoms with Gasteiger partial charge in [-0.3, -0.25) is 9.89 Å². The van der Waals surface area contributed by atoms with Crippen molar-refractivity contribution < 1.29 is 18.8 Å². The highest BCUT2D eigenvalue weighted by Gasteiger charge is 2.17. The zero-order valence-electron chi connectivity index (χ0n) is 9.89. The number of rotatable bonds is 3. The molecule has 104 valence electrons. The average molecular weight is 281 g/mol. The number of hydrogen-bond donors (Lipinski definition) is 4. The number of nitrogens with zero attached hydrogens (tertiary/aromatic N) is 2. The zero-order valence-corrected chi connectivity index (χ0v) is 9.89. The summed E-state index contributed by atoms with van der Waals surface area (Å²) in [6.07, 6.45) is 1.20. The lowest BCUT2D eigenvalue weighted by molar-refractivity contribution is 0.102. The van der Waals surface area contributed by atoms with Gasteiger partial charge in [-0.25, -0.2) is 8.78 Å². The molecule has 1 aromatic carbocycles. The van der Waals surface area contributed by atoms with Gasteiger partial charge in [0.05, 0.1) is 17.3 Å². The number of halogens is 2. The van der Waals surface area contributed by atoms with Crippen LogP contribution >= 0.6 is 0 Å². The van der Waals surface area contributed by atoms with E-state index in [-0.39, 0.29) is 17.2 Å². The molecule has 2 aromatic rings. The number of anilines is 1. The second-order valence-corrected chi connectivity index (χ2v) is 3.72. The molecule has 0 aliphatic carbocycles. The number of nitrogens with one attached hydrogen (secondary N) is 2. The van der Waals surface area contributed by atoms with Crippen LogP contribution in [0.4, 0.5) is 14.6 Å². The molecule has 9 heteroatoms. The minimum Gasteiger partial charge on any atom is -0.409 e. The van der Waals surface area contributed by atoms with E-state index in [0.717, 1.165) is 18.2 Å². The maximum Gasteiger partial charge on any atom is 0.259 e. The summed E-state index contributed by atoms with van der Waals surface area (Å²) in [6, 6.07) is 2.48. The van der Waals surface area contributed by atoms with E-state index in [9.17, 15) is 13.6 Å². The number of nitrogens with two attached hydrogens (primary N) is 1. The fraction of sp³-hybridized carbons (Fsp3) is 0. The van der Waals surface area contributed by atoms with Gasteiger partial charge in [-0.2, -0.15) is 5.10 Å². The van der Waals surface area contributed by atoms with Gasteiger partial charge in [-0.1, -0.05) is 5.16 Å². The fourth-order valence-electron chi connectivity index (χ4n) is 1.48. The Hall–Kier alpha value is -2.97. The number of aromatic nitrogens is 2. The van der Waals surface area contributed by atoms with E-state index in [4.69, 9.17) is 10.9 Å². The summed E-state index contributed by atoms with van der Waals surface area (Å²) >= 11 is 0. The van der Waals surface area contributed by atoms with Gasteiger partial charge < -0.3 is 16.3 Å². The minimum absolute atomic E-state index is 0.00559. The second-order valence-electron chi connectivity index (χ2n) is 3.72. The standard InChI is InChI=1S/C11H9F2N5O2/c12-5-1-2-8(13)6(3-5)11(19)16-10-7(4-15-17-10)9(14)18-20/h1-4,20H,(H2,14,18)(H2,15,16,17,19). The Morgan fingerprint density at radius 1 is 1.40 bits per heavy atom. The molecule has 2 rings (SSSR count). The van der Waals surface area contributed by atoms with Crippen LogP contribution in [0, 0.1) is 11.6 Å². The van der Waals surface area contributed by atoms with Crippen LogP contribution in [-0.4, -0.2) is 27.1 Å². The average Bonchev–Trinajstić information content (AvgIpc) is 2.88. The number of amides is 1. The molecule has 0 aliphatic heterocycles. The topological polar surface area (TPSA) is 116 Å². The lowest BCUT2D eigenvalue weighted by Gasteiger charge is -2.06. The van der Waals surface area contributed by atoms with Crippen molar-refractivity contribution in [2.75, 3.05) is 5.32 Å². The zero-order chi connectivity index (χ0) is 14.7. The number of amidine groups is 1. The third-order valence-corrected chi connectivity index (χ3v) is 2.43. The van der Waals surface area contributed by atoms with Crippen LogP contribution in [-0.2, 0) is 0 Å². The Morgan fingerprint density at radius 2 is 2.15 bits per heavy atom. The van der Waals surface area contributed by atoms with E-state index in [1.807, 2.05) is 0 Å². The first-order valence-electron chi connectivity index (χ1n) is 5.30. The Labute approximate surface area is 111 Å². The molecule has 0 atom stereocenters. The van der Waals surface area contributed by atoms with Crippen LogP contribution in [0.15, 0.2) is 29.6 Å². The minimum atomic E-state index is -0.904. The van der Waals surface area contributed by atoms with E-state index >= 15 is 0 Å². The largest absolute Gasteiger partial charge is 0.409 e. The van der Waals surface area contributed by atoms with Crippen molar-refractivity contribution in [1.82, 2.24) is 10.2 Å². The maximum atomic E-state index is 13.4. The van der Waals surface area contributed by atoms with Gasteiger partial charge in [-0.05, 0) is 18.2 Å². The number of aromatic amines is 1. The summed E-state index contributed by atoms with van der Waals surface area (Å²) in [6.45, 7) is 0. The lowest BCUT2D eigenvalue weighted by atomic mass is 10.2. The van der Waals surface area contributed by atoms with Crippen molar-refractivity contribution in [2.45, 2.75) is 0 Å². The molecule has 0 radical (unpaired) electrons. The molecule has 1 heterocycles. The van der Waals surface area contributed by atoms with Crippen molar-refractivity contribution in [3.05, 3.63) is 47.2 Å². The molecule has 0 saturated heterocycles. The number of oxime groups is 1. The Morgan fingerprint density at radius 3 is 2.85 bits per heavy atom. The highest BCUT2D eigenvalue weighted by Crippen LogP contribution is 2.15. The summed E-state index contributed by atoms with van der Waals surface area (Å²) in [7, 11) is 0. The Balaban J connectivity index is 2.29. The molecular weight excluding hydrogens is 272 g/mol. The maximum absolute atomic E-state index is 13.4. The highest BCUT2D eigenvalue weighted by molar-refractivity contribution is 6.08. The second kappa shape index (κ2) is 5.34. The van der Waals surface area contributed by atoms with E-state index in [1.165, 1.54) is 6.20 Å². The van der Waals surface area contributed by atoms with Crippen molar-refractivity contribution in [3.8, 4) is 0 Å². The first kappa shape index (κ1) is 13.5. The summed E-state index contributed by atoms with van der Waals surface area (Å²) in [4.78, 5) is 11.8. The molecular formula is C11H9F2N5O2. The van der Waals surface area contributed by atoms with Crippen molar-refractivity contribution >= 4 is 17.6 Å². The quantitative estimate of drug-likeness (QED) is 0.291. The molecule has 0 spiro atoms. The molecule has 5 N–H and O–H groups in total. The summed E-state index contributed by atoms with van der Waals surface area (Å²) < 4.78 is 26.4. The number of carbonyl (C=O) groups is 1.